The zero-order valence-electron chi connectivity index (χ0n) is 11.4. The third-order valence-electron chi connectivity index (χ3n) is 2.87. The van der Waals surface area contributed by atoms with Crippen molar-refractivity contribution in [2.45, 2.75) is 13.3 Å². The van der Waals surface area contributed by atoms with E-state index < -0.39 is 0 Å². The quantitative estimate of drug-likeness (QED) is 0.802. The Morgan fingerprint density at radius 1 is 1.29 bits per heavy atom. The number of benzene rings is 1. The monoisotopic (exact) mass is 299 g/mol. The van der Waals surface area contributed by atoms with Gasteiger partial charge in [-0.1, -0.05) is 28.9 Å². The van der Waals surface area contributed by atoms with E-state index in [1.165, 1.54) is 0 Å². The third kappa shape index (κ3) is 3.35. The number of anilines is 1. The van der Waals surface area contributed by atoms with Crippen LogP contribution in [-0.2, 0) is 6.42 Å². The van der Waals surface area contributed by atoms with Gasteiger partial charge in [0, 0.05) is 10.4 Å². The lowest BCUT2D eigenvalue weighted by molar-refractivity contribution is 0.102. The van der Waals surface area contributed by atoms with Crippen LogP contribution in [0.4, 0.5) is 6.01 Å². The van der Waals surface area contributed by atoms with Crippen molar-refractivity contribution >= 4 is 23.3 Å². The topological polar surface area (TPSA) is 68.0 Å². The highest BCUT2D eigenvalue weighted by Gasteiger charge is 2.12. The third-order valence-corrected chi connectivity index (χ3v) is 3.75. The lowest BCUT2D eigenvalue weighted by atomic mass is 10.1. The molecule has 106 valence electrons. The van der Waals surface area contributed by atoms with Crippen molar-refractivity contribution in [2.75, 3.05) is 5.32 Å². The first kappa shape index (κ1) is 13.5. The van der Waals surface area contributed by atoms with Crippen LogP contribution in [0.25, 0.3) is 0 Å². The standard InChI is InChI=1S/C15H13N3O2S/c1-10-4-2-5-11(8-10)14(19)16-15-18-17-13(20-15)9-12-6-3-7-21-12/h2-8H,9H2,1H3,(H,16,18,19). The second kappa shape index (κ2) is 5.88. The minimum Gasteiger partial charge on any atom is -0.407 e. The molecule has 0 bridgehead atoms. The van der Waals surface area contributed by atoms with Gasteiger partial charge in [0.05, 0.1) is 6.42 Å². The summed E-state index contributed by atoms with van der Waals surface area (Å²) in [6, 6.07) is 11.4. The van der Waals surface area contributed by atoms with Crippen LogP contribution < -0.4 is 5.32 Å². The summed E-state index contributed by atoms with van der Waals surface area (Å²) in [6.07, 6.45) is 0.574. The fourth-order valence-electron chi connectivity index (χ4n) is 1.89. The van der Waals surface area contributed by atoms with E-state index in [1.54, 1.807) is 23.5 Å². The maximum Gasteiger partial charge on any atom is 0.322 e. The van der Waals surface area contributed by atoms with E-state index >= 15 is 0 Å². The van der Waals surface area contributed by atoms with Gasteiger partial charge in [-0.3, -0.25) is 10.1 Å². The largest absolute Gasteiger partial charge is 0.407 e. The number of amides is 1. The molecule has 0 radical (unpaired) electrons. The van der Waals surface area contributed by atoms with E-state index in [2.05, 4.69) is 15.5 Å². The van der Waals surface area contributed by atoms with E-state index in [0.717, 1.165) is 10.4 Å². The molecule has 0 aliphatic heterocycles. The molecule has 1 amide bonds. The van der Waals surface area contributed by atoms with Gasteiger partial charge >= 0.3 is 6.01 Å². The molecule has 0 aliphatic rings. The molecule has 0 saturated carbocycles. The highest BCUT2D eigenvalue weighted by molar-refractivity contribution is 7.09. The van der Waals surface area contributed by atoms with Crippen LogP contribution in [-0.4, -0.2) is 16.1 Å². The van der Waals surface area contributed by atoms with E-state index in [4.69, 9.17) is 4.42 Å². The van der Waals surface area contributed by atoms with Gasteiger partial charge in [-0.2, -0.15) is 0 Å². The summed E-state index contributed by atoms with van der Waals surface area (Å²) in [4.78, 5) is 13.2. The summed E-state index contributed by atoms with van der Waals surface area (Å²) < 4.78 is 5.43. The van der Waals surface area contributed by atoms with E-state index in [0.29, 0.717) is 17.9 Å². The lowest BCUT2D eigenvalue weighted by Crippen LogP contribution is -2.12. The number of carbonyl (C=O) groups is 1. The number of rotatable bonds is 4. The number of nitrogens with zero attached hydrogens (tertiary/aromatic N) is 2. The van der Waals surface area contributed by atoms with Gasteiger partial charge in [-0.15, -0.1) is 16.4 Å². The van der Waals surface area contributed by atoms with Gasteiger partial charge in [0.25, 0.3) is 5.91 Å². The van der Waals surface area contributed by atoms with Crippen molar-refractivity contribution < 1.29 is 9.21 Å². The van der Waals surface area contributed by atoms with Crippen molar-refractivity contribution in [3.8, 4) is 0 Å². The van der Waals surface area contributed by atoms with Gasteiger partial charge in [-0.25, -0.2) is 0 Å². The van der Waals surface area contributed by atoms with Crippen LogP contribution in [0.3, 0.4) is 0 Å². The average molecular weight is 299 g/mol. The molecule has 2 heterocycles. The summed E-state index contributed by atoms with van der Waals surface area (Å²) in [5, 5.41) is 12.4. The van der Waals surface area contributed by atoms with Crippen LogP contribution in [0.15, 0.2) is 46.2 Å². The fraction of sp³-hybridized carbons (Fsp3) is 0.133. The summed E-state index contributed by atoms with van der Waals surface area (Å²) in [5.41, 5.74) is 1.58. The highest BCUT2D eigenvalue weighted by Crippen LogP contribution is 2.16. The van der Waals surface area contributed by atoms with Crippen molar-refractivity contribution in [3.63, 3.8) is 0 Å². The molecule has 5 nitrogen and oxygen atoms in total. The highest BCUT2D eigenvalue weighted by atomic mass is 32.1. The fourth-order valence-corrected chi connectivity index (χ4v) is 2.59. The molecule has 0 saturated heterocycles. The first-order chi connectivity index (χ1) is 10.2. The maximum absolute atomic E-state index is 12.1. The number of hydrogen-bond donors (Lipinski definition) is 1. The first-order valence-corrected chi connectivity index (χ1v) is 7.31. The number of thiophene rings is 1. The van der Waals surface area contributed by atoms with Gasteiger partial charge in [0.2, 0.25) is 5.89 Å². The Bertz CT molecular complexity index is 750. The smallest absolute Gasteiger partial charge is 0.322 e. The lowest BCUT2D eigenvalue weighted by Gasteiger charge is -2.01. The molecule has 1 N–H and O–H groups in total. The molecule has 3 rings (SSSR count). The van der Waals surface area contributed by atoms with Crippen LogP contribution in [0, 0.1) is 6.92 Å². The molecule has 21 heavy (non-hydrogen) atoms. The Labute approximate surface area is 125 Å². The Hall–Kier alpha value is -2.47. The first-order valence-electron chi connectivity index (χ1n) is 6.43. The van der Waals surface area contributed by atoms with Gasteiger partial charge in [0.15, 0.2) is 0 Å². The number of hydrogen-bond acceptors (Lipinski definition) is 5. The van der Waals surface area contributed by atoms with Gasteiger partial charge < -0.3 is 4.42 Å². The predicted molar refractivity (Wildman–Crippen MR) is 80.6 cm³/mol. The molecule has 3 aromatic rings. The molecule has 0 fully saturated rings. The SMILES string of the molecule is Cc1cccc(C(=O)Nc2nnc(Cc3cccs3)o2)c1. The zero-order valence-corrected chi connectivity index (χ0v) is 12.2. The van der Waals surface area contributed by atoms with Gasteiger partial charge in [-0.05, 0) is 30.5 Å². The van der Waals surface area contributed by atoms with Gasteiger partial charge in [0.1, 0.15) is 0 Å². The van der Waals surface area contributed by atoms with Crippen LogP contribution in [0.1, 0.15) is 26.7 Å². The number of aromatic nitrogens is 2. The minimum absolute atomic E-state index is 0.119. The second-order valence-electron chi connectivity index (χ2n) is 4.58. The predicted octanol–water partition coefficient (Wildman–Crippen LogP) is 3.28. The Balaban J connectivity index is 1.68. The summed E-state index contributed by atoms with van der Waals surface area (Å²) in [5.74, 6) is 0.224. The normalized spacial score (nSPS) is 10.5. The average Bonchev–Trinajstić information content (AvgIpc) is 3.11. The summed E-state index contributed by atoms with van der Waals surface area (Å²) in [6.45, 7) is 1.93. The summed E-state index contributed by atoms with van der Waals surface area (Å²) >= 11 is 1.62. The van der Waals surface area contributed by atoms with E-state index in [1.807, 2.05) is 36.6 Å². The zero-order chi connectivity index (χ0) is 14.7. The molecular weight excluding hydrogens is 286 g/mol. The Morgan fingerprint density at radius 2 is 2.19 bits per heavy atom. The maximum atomic E-state index is 12.1. The minimum atomic E-state index is -0.259. The number of nitrogens with one attached hydrogen (secondary N) is 1. The Kier molecular flexibility index (Phi) is 3.79. The molecule has 0 aliphatic carbocycles. The van der Waals surface area contributed by atoms with Crippen molar-refractivity contribution in [2.24, 2.45) is 0 Å². The molecule has 2 aromatic heterocycles. The molecular formula is C15H13N3O2S. The second-order valence-corrected chi connectivity index (χ2v) is 5.61. The Morgan fingerprint density at radius 3 is 2.95 bits per heavy atom. The molecule has 6 heteroatoms. The van der Waals surface area contributed by atoms with E-state index in [9.17, 15) is 4.79 Å². The van der Waals surface area contributed by atoms with Crippen molar-refractivity contribution in [3.05, 3.63) is 63.7 Å². The van der Waals surface area contributed by atoms with Crippen molar-refractivity contribution in [1.29, 1.82) is 0 Å². The van der Waals surface area contributed by atoms with Crippen LogP contribution >= 0.6 is 11.3 Å². The molecule has 0 spiro atoms. The van der Waals surface area contributed by atoms with Crippen molar-refractivity contribution in [1.82, 2.24) is 10.2 Å². The van der Waals surface area contributed by atoms with E-state index in [-0.39, 0.29) is 11.9 Å². The molecule has 0 unspecified atom stereocenters. The number of aryl methyl sites for hydroxylation is 1. The molecule has 0 atom stereocenters. The summed E-state index contributed by atoms with van der Waals surface area (Å²) in [7, 11) is 0. The molecule has 1 aromatic carbocycles. The number of carbonyl (C=O) groups excluding carboxylic acids is 1. The van der Waals surface area contributed by atoms with Crippen LogP contribution in [0.5, 0.6) is 0 Å². The van der Waals surface area contributed by atoms with Crippen LogP contribution in [0.2, 0.25) is 0 Å².